The number of halogens is 1. The number of hydrogen-bond acceptors (Lipinski definition) is 5. The van der Waals surface area contributed by atoms with Gasteiger partial charge >= 0.3 is 0 Å². The highest BCUT2D eigenvalue weighted by Gasteiger charge is 2.25. The molecule has 0 aromatic heterocycles. The van der Waals surface area contributed by atoms with Crippen LogP contribution in [0.1, 0.15) is 23.2 Å². The summed E-state index contributed by atoms with van der Waals surface area (Å²) in [5, 5.41) is 8.63. The van der Waals surface area contributed by atoms with Crippen LogP contribution in [0, 0.1) is 0 Å². The highest BCUT2D eigenvalue weighted by atomic mass is 35.5. The van der Waals surface area contributed by atoms with Gasteiger partial charge in [0.2, 0.25) is 0 Å². The smallest absolute Gasteiger partial charge is 0.263 e. The quantitative estimate of drug-likeness (QED) is 0.798. The summed E-state index contributed by atoms with van der Waals surface area (Å²) in [6.07, 6.45) is 1.61. The summed E-state index contributed by atoms with van der Waals surface area (Å²) in [7, 11) is -2.51. The Kier molecular flexibility index (Phi) is 5.41. The minimum atomic E-state index is -4.15. The monoisotopic (exact) mass is 348 g/mol. The second-order valence-corrected chi connectivity index (χ2v) is 7.00. The van der Waals surface area contributed by atoms with Crippen LogP contribution in [-0.4, -0.2) is 50.7 Å². The third-order valence-corrected chi connectivity index (χ3v) is 5.25. The lowest BCUT2D eigenvalue weighted by molar-refractivity contribution is 0.0350. The molecule has 1 aromatic carbocycles. The molecule has 2 rings (SSSR count). The number of carbonyl (C=O) groups excluding carboxylic acids is 1. The van der Waals surface area contributed by atoms with E-state index in [1.165, 1.54) is 17.0 Å². The van der Waals surface area contributed by atoms with Crippen LogP contribution < -0.4 is 4.89 Å². The van der Waals surface area contributed by atoms with Crippen molar-refractivity contribution in [2.24, 2.45) is 0 Å². The van der Waals surface area contributed by atoms with Gasteiger partial charge in [-0.25, -0.2) is 8.42 Å². The summed E-state index contributed by atoms with van der Waals surface area (Å²) in [5.41, 5.74) is 0.203. The van der Waals surface area contributed by atoms with E-state index < -0.39 is 10.0 Å². The number of carbonyl (C=O) groups is 1. The molecule has 0 saturated carbocycles. The summed E-state index contributed by atoms with van der Waals surface area (Å²) < 4.78 is 28.6. The normalized spacial score (nSPS) is 16.8. The molecule has 1 amide bonds. The lowest BCUT2D eigenvalue weighted by Gasteiger charge is -2.31. The Bertz CT molecular complexity index is 656. The SMILES string of the molecule is COC1CCN(C(=O)c2ccc(Cl)c(S(=O)(=O)NO)c2)CC1. The number of hydrogen-bond donors (Lipinski definition) is 2. The fourth-order valence-electron chi connectivity index (χ4n) is 2.37. The minimum absolute atomic E-state index is 0.0730. The first-order valence-electron chi connectivity index (χ1n) is 6.66. The first-order chi connectivity index (χ1) is 10.4. The minimum Gasteiger partial charge on any atom is -0.381 e. The number of amides is 1. The molecule has 0 radical (unpaired) electrons. The number of benzene rings is 1. The van der Waals surface area contributed by atoms with E-state index in [0.29, 0.717) is 13.1 Å². The summed E-state index contributed by atoms with van der Waals surface area (Å²) >= 11 is 5.82. The van der Waals surface area contributed by atoms with Gasteiger partial charge in [0.15, 0.2) is 0 Å². The molecule has 0 unspecified atom stereocenters. The van der Waals surface area contributed by atoms with Crippen molar-refractivity contribution in [3.63, 3.8) is 0 Å². The molecule has 1 heterocycles. The first-order valence-corrected chi connectivity index (χ1v) is 8.52. The van der Waals surface area contributed by atoms with Crippen LogP contribution in [0.3, 0.4) is 0 Å². The highest BCUT2D eigenvalue weighted by Crippen LogP contribution is 2.24. The number of sulfonamides is 1. The predicted octanol–water partition coefficient (Wildman–Crippen LogP) is 1.26. The largest absolute Gasteiger partial charge is 0.381 e. The van der Waals surface area contributed by atoms with Gasteiger partial charge in [-0.05, 0) is 31.0 Å². The van der Waals surface area contributed by atoms with Crippen molar-refractivity contribution in [2.45, 2.75) is 23.8 Å². The second kappa shape index (κ2) is 6.93. The number of rotatable bonds is 4. The van der Waals surface area contributed by atoms with E-state index in [9.17, 15) is 13.2 Å². The van der Waals surface area contributed by atoms with Crippen LogP contribution in [0.4, 0.5) is 0 Å². The van der Waals surface area contributed by atoms with Crippen LogP contribution in [0.25, 0.3) is 0 Å². The molecule has 1 aromatic rings. The number of ether oxygens (including phenoxy) is 1. The van der Waals surface area contributed by atoms with Crippen molar-refractivity contribution in [1.82, 2.24) is 9.79 Å². The molecule has 22 heavy (non-hydrogen) atoms. The number of nitrogens with one attached hydrogen (secondary N) is 1. The zero-order valence-electron chi connectivity index (χ0n) is 12.0. The van der Waals surface area contributed by atoms with Gasteiger partial charge in [-0.2, -0.15) is 0 Å². The van der Waals surface area contributed by atoms with E-state index in [1.54, 1.807) is 12.0 Å². The van der Waals surface area contributed by atoms with E-state index >= 15 is 0 Å². The van der Waals surface area contributed by atoms with Crippen molar-refractivity contribution in [3.8, 4) is 0 Å². The van der Waals surface area contributed by atoms with Gasteiger partial charge in [0.25, 0.3) is 15.9 Å². The summed E-state index contributed by atoms with van der Waals surface area (Å²) in [6.45, 7) is 1.08. The molecule has 0 bridgehead atoms. The van der Waals surface area contributed by atoms with Crippen molar-refractivity contribution in [2.75, 3.05) is 20.2 Å². The molecule has 1 aliphatic heterocycles. The van der Waals surface area contributed by atoms with Crippen LogP contribution >= 0.6 is 11.6 Å². The van der Waals surface area contributed by atoms with Gasteiger partial charge in [-0.3, -0.25) is 4.79 Å². The van der Waals surface area contributed by atoms with Gasteiger partial charge in [0.1, 0.15) is 4.90 Å². The van der Waals surface area contributed by atoms with Crippen LogP contribution in [0.5, 0.6) is 0 Å². The molecule has 0 spiro atoms. The Balaban J connectivity index is 2.23. The summed E-state index contributed by atoms with van der Waals surface area (Å²) in [5.74, 6) is -0.277. The Hall–Kier alpha value is -1.19. The molecule has 1 aliphatic rings. The van der Waals surface area contributed by atoms with Gasteiger partial charge in [0.05, 0.1) is 11.1 Å². The Morgan fingerprint density at radius 2 is 2.05 bits per heavy atom. The molecule has 122 valence electrons. The first kappa shape index (κ1) is 17.2. The number of likely N-dealkylation sites (tertiary alicyclic amines) is 1. The van der Waals surface area contributed by atoms with Crippen molar-refractivity contribution in [3.05, 3.63) is 28.8 Å². The zero-order valence-corrected chi connectivity index (χ0v) is 13.5. The van der Waals surface area contributed by atoms with E-state index in [2.05, 4.69) is 0 Å². The predicted molar refractivity (Wildman–Crippen MR) is 79.5 cm³/mol. The Labute approximate surface area is 133 Å². The average molecular weight is 349 g/mol. The van der Waals surface area contributed by atoms with Gasteiger partial charge in [-0.1, -0.05) is 16.5 Å². The van der Waals surface area contributed by atoms with E-state index in [4.69, 9.17) is 21.5 Å². The fourth-order valence-corrected chi connectivity index (χ4v) is 3.50. The number of methoxy groups -OCH3 is 1. The standard InChI is InChI=1S/C13H17ClN2O5S/c1-21-10-4-6-16(7-5-10)13(17)9-2-3-11(14)12(8-9)22(19,20)15-18/h2-3,8,10,15,18H,4-7H2,1H3. The van der Waals surface area contributed by atoms with Gasteiger partial charge < -0.3 is 14.8 Å². The Morgan fingerprint density at radius 1 is 1.41 bits per heavy atom. The van der Waals surface area contributed by atoms with E-state index in [0.717, 1.165) is 18.9 Å². The van der Waals surface area contributed by atoms with Crippen molar-refractivity contribution >= 4 is 27.5 Å². The molecule has 9 heteroatoms. The van der Waals surface area contributed by atoms with Crippen LogP contribution in [0.2, 0.25) is 5.02 Å². The average Bonchev–Trinajstić information content (AvgIpc) is 2.54. The van der Waals surface area contributed by atoms with E-state index in [-0.39, 0.29) is 27.5 Å². The maximum atomic E-state index is 12.4. The third kappa shape index (κ3) is 3.58. The third-order valence-electron chi connectivity index (χ3n) is 3.65. The molecule has 7 nitrogen and oxygen atoms in total. The molecular formula is C13H17ClN2O5S. The van der Waals surface area contributed by atoms with Crippen LogP contribution in [0.15, 0.2) is 23.1 Å². The molecule has 0 aliphatic carbocycles. The van der Waals surface area contributed by atoms with Crippen LogP contribution in [-0.2, 0) is 14.8 Å². The maximum Gasteiger partial charge on any atom is 0.263 e. The molecule has 1 saturated heterocycles. The molecule has 2 N–H and O–H groups in total. The lowest BCUT2D eigenvalue weighted by Crippen LogP contribution is -2.40. The lowest BCUT2D eigenvalue weighted by atomic mass is 10.1. The number of nitrogens with zero attached hydrogens (tertiary/aromatic N) is 1. The fraction of sp³-hybridized carbons (Fsp3) is 0.462. The topological polar surface area (TPSA) is 95.9 Å². The molecule has 0 atom stereocenters. The van der Waals surface area contributed by atoms with Crippen molar-refractivity contribution in [1.29, 1.82) is 0 Å². The van der Waals surface area contributed by atoms with Crippen molar-refractivity contribution < 1.29 is 23.2 Å². The molecular weight excluding hydrogens is 332 g/mol. The molecule has 1 fully saturated rings. The van der Waals surface area contributed by atoms with E-state index in [1.807, 2.05) is 0 Å². The Morgan fingerprint density at radius 3 is 2.59 bits per heavy atom. The summed E-state index contributed by atoms with van der Waals surface area (Å²) in [4.78, 5) is 14.9. The van der Waals surface area contributed by atoms with Gasteiger partial charge in [0, 0.05) is 25.8 Å². The van der Waals surface area contributed by atoms with Gasteiger partial charge in [-0.15, -0.1) is 0 Å². The maximum absolute atomic E-state index is 12.4. The highest BCUT2D eigenvalue weighted by molar-refractivity contribution is 7.89. The second-order valence-electron chi connectivity index (χ2n) is 4.97. The zero-order chi connectivity index (χ0) is 16.3. The summed E-state index contributed by atoms with van der Waals surface area (Å²) in [6, 6.07) is 3.94. The number of piperidine rings is 1.